The predicted molar refractivity (Wildman–Crippen MR) is 57.2 cm³/mol. The maximum absolute atomic E-state index is 4.42. The Morgan fingerprint density at radius 1 is 1.08 bits per heavy atom. The molecule has 0 amide bonds. The summed E-state index contributed by atoms with van der Waals surface area (Å²) in [4.78, 5) is 8.74. The van der Waals surface area contributed by atoms with Crippen LogP contribution in [0.4, 0.5) is 0 Å². The fourth-order valence-corrected chi connectivity index (χ4v) is 1.36. The van der Waals surface area contributed by atoms with Gasteiger partial charge < -0.3 is 0 Å². The van der Waals surface area contributed by atoms with Crippen molar-refractivity contribution in [2.24, 2.45) is 0 Å². The van der Waals surface area contributed by atoms with Crippen molar-refractivity contribution in [2.75, 3.05) is 0 Å². The molecule has 2 aromatic rings. The lowest BCUT2D eigenvalue weighted by atomic mass is 10.0. The largest absolute Gasteiger partial charge is 0.260 e. The molecular weight excluding hydrogens is 159 g/mol. The molecular formula is C10H11BN2. The number of fused-ring (bicyclic) bond motifs is 1. The van der Waals surface area contributed by atoms with Gasteiger partial charge in [-0.1, -0.05) is 0 Å². The van der Waals surface area contributed by atoms with E-state index in [2.05, 4.69) is 35.9 Å². The van der Waals surface area contributed by atoms with Gasteiger partial charge in [0.15, 0.2) is 7.85 Å². The number of nitrogens with zero attached hydrogens (tertiary/aromatic N) is 2. The van der Waals surface area contributed by atoms with Crippen LogP contribution in [0.2, 0.25) is 0 Å². The van der Waals surface area contributed by atoms with Gasteiger partial charge in [0.05, 0.1) is 11.0 Å². The van der Waals surface area contributed by atoms with Gasteiger partial charge in [-0.2, -0.15) is 0 Å². The van der Waals surface area contributed by atoms with Crippen LogP contribution in [-0.2, 0) is 0 Å². The number of rotatable bonds is 0. The first-order valence-electron chi connectivity index (χ1n) is 4.37. The van der Waals surface area contributed by atoms with Crippen molar-refractivity contribution in [3.8, 4) is 0 Å². The summed E-state index contributed by atoms with van der Waals surface area (Å²) in [5, 5.41) is 0. The standard InChI is InChI=1S/C10H11BN2/c1-6-3-8-9(4-7(6)2)13-10(11)5-12-8/h3-5H,11H2,1-2H3. The molecule has 0 aliphatic carbocycles. The third-order valence-electron chi connectivity index (χ3n) is 2.28. The summed E-state index contributed by atoms with van der Waals surface area (Å²) in [6, 6.07) is 4.17. The zero-order chi connectivity index (χ0) is 9.42. The van der Waals surface area contributed by atoms with Crippen LogP contribution in [-0.4, -0.2) is 17.8 Å². The molecule has 2 rings (SSSR count). The molecule has 0 aliphatic heterocycles. The van der Waals surface area contributed by atoms with Gasteiger partial charge in [-0.15, -0.1) is 0 Å². The number of hydrogen-bond acceptors (Lipinski definition) is 2. The van der Waals surface area contributed by atoms with Crippen LogP contribution < -0.4 is 5.59 Å². The van der Waals surface area contributed by atoms with Crippen LogP contribution in [0.25, 0.3) is 11.0 Å². The van der Waals surface area contributed by atoms with Crippen molar-refractivity contribution in [2.45, 2.75) is 13.8 Å². The van der Waals surface area contributed by atoms with Crippen LogP contribution in [0, 0.1) is 13.8 Å². The van der Waals surface area contributed by atoms with E-state index >= 15 is 0 Å². The van der Waals surface area contributed by atoms with E-state index in [0.29, 0.717) is 0 Å². The number of aryl methyl sites for hydroxylation is 2. The van der Waals surface area contributed by atoms with E-state index in [9.17, 15) is 0 Å². The van der Waals surface area contributed by atoms with Crippen molar-refractivity contribution < 1.29 is 0 Å². The van der Waals surface area contributed by atoms with Crippen molar-refractivity contribution in [1.82, 2.24) is 9.97 Å². The molecule has 1 aromatic heterocycles. The lowest BCUT2D eigenvalue weighted by molar-refractivity contribution is 1.29. The molecule has 0 atom stereocenters. The maximum Gasteiger partial charge on any atom is 0.166 e. The van der Waals surface area contributed by atoms with Gasteiger partial charge in [0.2, 0.25) is 0 Å². The van der Waals surface area contributed by atoms with E-state index < -0.39 is 0 Å². The molecule has 0 N–H and O–H groups in total. The van der Waals surface area contributed by atoms with Crippen LogP contribution in [0.3, 0.4) is 0 Å². The second-order valence-electron chi connectivity index (χ2n) is 3.44. The summed E-state index contributed by atoms with van der Waals surface area (Å²) < 4.78 is 0. The molecule has 0 unspecified atom stereocenters. The second kappa shape index (κ2) is 2.84. The normalized spacial score (nSPS) is 10.6. The molecule has 0 fully saturated rings. The fraction of sp³-hybridized carbons (Fsp3) is 0.200. The van der Waals surface area contributed by atoms with Crippen molar-refractivity contribution in [3.63, 3.8) is 0 Å². The van der Waals surface area contributed by atoms with Gasteiger partial charge in [0, 0.05) is 11.8 Å². The maximum atomic E-state index is 4.42. The Morgan fingerprint density at radius 3 is 2.38 bits per heavy atom. The molecule has 0 saturated heterocycles. The Hall–Kier alpha value is -1.38. The Kier molecular flexibility index (Phi) is 1.80. The summed E-state index contributed by atoms with van der Waals surface area (Å²) in [7, 11) is 1.96. The lowest BCUT2D eigenvalue weighted by Crippen LogP contribution is -2.08. The minimum Gasteiger partial charge on any atom is -0.260 e. The molecule has 0 aliphatic rings. The van der Waals surface area contributed by atoms with Crippen LogP contribution in [0.1, 0.15) is 11.1 Å². The molecule has 13 heavy (non-hydrogen) atoms. The van der Waals surface area contributed by atoms with Crippen molar-refractivity contribution >= 4 is 24.5 Å². The molecule has 0 bridgehead atoms. The molecule has 0 saturated carbocycles. The van der Waals surface area contributed by atoms with E-state index in [1.165, 1.54) is 11.1 Å². The van der Waals surface area contributed by atoms with Gasteiger partial charge in [-0.3, -0.25) is 9.97 Å². The third-order valence-corrected chi connectivity index (χ3v) is 2.28. The highest BCUT2D eigenvalue weighted by Crippen LogP contribution is 2.13. The minimum atomic E-state index is 0.968. The topological polar surface area (TPSA) is 25.8 Å². The smallest absolute Gasteiger partial charge is 0.166 e. The SMILES string of the molecule is Bc1cnc2cc(C)c(C)cc2n1. The Labute approximate surface area is 78.4 Å². The molecule has 3 heteroatoms. The van der Waals surface area contributed by atoms with E-state index in [1.807, 2.05) is 7.85 Å². The lowest BCUT2D eigenvalue weighted by Gasteiger charge is -2.02. The summed E-state index contributed by atoms with van der Waals surface area (Å²) in [5.74, 6) is 0. The van der Waals surface area contributed by atoms with Crippen molar-refractivity contribution in [1.29, 1.82) is 0 Å². The number of aromatic nitrogens is 2. The highest BCUT2D eigenvalue weighted by Gasteiger charge is 1.99. The van der Waals surface area contributed by atoms with Gasteiger partial charge in [-0.25, -0.2) is 0 Å². The average Bonchev–Trinajstić information content (AvgIpc) is 2.08. The summed E-state index contributed by atoms with van der Waals surface area (Å²) >= 11 is 0. The van der Waals surface area contributed by atoms with Gasteiger partial charge in [0.25, 0.3) is 0 Å². The van der Waals surface area contributed by atoms with Crippen LogP contribution in [0.15, 0.2) is 18.3 Å². The molecule has 0 radical (unpaired) electrons. The van der Waals surface area contributed by atoms with E-state index in [4.69, 9.17) is 0 Å². The Morgan fingerprint density at radius 2 is 1.69 bits per heavy atom. The first-order valence-corrected chi connectivity index (χ1v) is 4.37. The van der Waals surface area contributed by atoms with Gasteiger partial charge in [0.1, 0.15) is 0 Å². The molecule has 2 nitrogen and oxygen atoms in total. The Balaban J connectivity index is 2.81. The fourth-order valence-electron chi connectivity index (χ4n) is 1.36. The van der Waals surface area contributed by atoms with E-state index in [-0.39, 0.29) is 0 Å². The number of hydrogen-bond donors (Lipinski definition) is 0. The number of benzene rings is 1. The molecule has 0 spiro atoms. The average molecular weight is 170 g/mol. The third kappa shape index (κ3) is 1.42. The molecule has 1 heterocycles. The highest BCUT2D eigenvalue weighted by molar-refractivity contribution is 6.30. The summed E-state index contributed by atoms with van der Waals surface area (Å²) in [5.41, 5.74) is 5.48. The monoisotopic (exact) mass is 170 g/mol. The highest BCUT2D eigenvalue weighted by atomic mass is 14.8. The quantitative estimate of drug-likeness (QED) is 0.538. The first-order chi connectivity index (χ1) is 6.16. The minimum absolute atomic E-state index is 0.968. The van der Waals surface area contributed by atoms with Gasteiger partial charge in [-0.05, 0) is 37.1 Å². The Bertz CT molecular complexity index is 466. The first kappa shape index (κ1) is 8.23. The van der Waals surface area contributed by atoms with Crippen LogP contribution >= 0.6 is 0 Å². The predicted octanol–water partition coefficient (Wildman–Crippen LogP) is 0.505. The second-order valence-corrected chi connectivity index (χ2v) is 3.44. The van der Waals surface area contributed by atoms with Gasteiger partial charge >= 0.3 is 0 Å². The zero-order valence-corrected chi connectivity index (χ0v) is 8.13. The van der Waals surface area contributed by atoms with E-state index in [0.717, 1.165) is 16.6 Å². The van der Waals surface area contributed by atoms with Crippen molar-refractivity contribution in [3.05, 3.63) is 29.5 Å². The molecule has 64 valence electrons. The van der Waals surface area contributed by atoms with E-state index in [1.54, 1.807) is 6.20 Å². The molecule has 1 aromatic carbocycles. The summed E-state index contributed by atoms with van der Waals surface area (Å²) in [6.07, 6.45) is 1.80. The zero-order valence-electron chi connectivity index (χ0n) is 8.13. The summed E-state index contributed by atoms with van der Waals surface area (Å²) in [6.45, 7) is 4.19. The van der Waals surface area contributed by atoms with Crippen LogP contribution in [0.5, 0.6) is 0 Å².